The lowest BCUT2D eigenvalue weighted by molar-refractivity contribution is -0.119. The topological polar surface area (TPSA) is 34.9 Å². The lowest BCUT2D eigenvalue weighted by Crippen LogP contribution is -2.12. The number of ketones is 1. The first-order chi connectivity index (χ1) is 9.11. The highest BCUT2D eigenvalue weighted by Crippen LogP contribution is 2.18. The first-order valence-corrected chi connectivity index (χ1v) is 7.07. The average molecular weight is 258 g/mol. The number of fused-ring (bicyclic) bond motifs is 1. The van der Waals surface area contributed by atoms with Crippen LogP contribution in [0.3, 0.4) is 0 Å². The van der Waals surface area contributed by atoms with E-state index in [1.807, 2.05) is 18.2 Å². The van der Waals surface area contributed by atoms with Crippen molar-refractivity contribution in [2.75, 3.05) is 0 Å². The van der Waals surface area contributed by atoms with Crippen LogP contribution >= 0.6 is 0 Å². The molecule has 1 heterocycles. The SMILES string of the molecule is CCCn1c(CC(=O)CC(C)C)nc2ccccc21. The van der Waals surface area contributed by atoms with Crippen LogP contribution in [-0.2, 0) is 17.8 Å². The Labute approximate surface area is 114 Å². The van der Waals surface area contributed by atoms with Gasteiger partial charge in [-0.25, -0.2) is 4.98 Å². The minimum absolute atomic E-state index is 0.280. The van der Waals surface area contributed by atoms with Gasteiger partial charge in [0.05, 0.1) is 17.5 Å². The van der Waals surface area contributed by atoms with Gasteiger partial charge < -0.3 is 4.57 Å². The van der Waals surface area contributed by atoms with Gasteiger partial charge in [-0.05, 0) is 24.5 Å². The first kappa shape index (κ1) is 13.8. The maximum absolute atomic E-state index is 12.0. The van der Waals surface area contributed by atoms with Crippen LogP contribution in [0.1, 0.15) is 39.4 Å². The number of hydrogen-bond acceptors (Lipinski definition) is 2. The smallest absolute Gasteiger partial charge is 0.140 e. The van der Waals surface area contributed by atoms with E-state index in [4.69, 9.17) is 0 Å². The summed E-state index contributed by atoms with van der Waals surface area (Å²) in [5.74, 6) is 1.60. The Hall–Kier alpha value is -1.64. The molecule has 0 spiro atoms. The Morgan fingerprint density at radius 2 is 2.05 bits per heavy atom. The van der Waals surface area contributed by atoms with Crippen LogP contribution in [0.5, 0.6) is 0 Å². The van der Waals surface area contributed by atoms with Crippen molar-refractivity contribution in [3.8, 4) is 0 Å². The molecule has 0 unspecified atom stereocenters. The molecule has 2 aromatic rings. The molecule has 0 aliphatic carbocycles. The van der Waals surface area contributed by atoms with Gasteiger partial charge in [-0.15, -0.1) is 0 Å². The number of hydrogen-bond donors (Lipinski definition) is 0. The Balaban J connectivity index is 2.31. The molecule has 0 saturated heterocycles. The molecule has 19 heavy (non-hydrogen) atoms. The second-order valence-corrected chi connectivity index (χ2v) is 5.48. The van der Waals surface area contributed by atoms with Crippen LogP contribution in [0, 0.1) is 5.92 Å². The van der Waals surface area contributed by atoms with Crippen molar-refractivity contribution in [2.45, 2.75) is 46.6 Å². The average Bonchev–Trinajstić information content (AvgIpc) is 2.67. The lowest BCUT2D eigenvalue weighted by Gasteiger charge is -2.08. The second kappa shape index (κ2) is 6.00. The van der Waals surface area contributed by atoms with E-state index >= 15 is 0 Å². The number of benzene rings is 1. The summed E-state index contributed by atoms with van der Waals surface area (Å²) in [6, 6.07) is 8.10. The number of aromatic nitrogens is 2. The van der Waals surface area contributed by atoms with Gasteiger partial charge in [-0.3, -0.25) is 4.79 Å². The van der Waals surface area contributed by atoms with Crippen molar-refractivity contribution in [1.29, 1.82) is 0 Å². The maximum atomic E-state index is 12.0. The fraction of sp³-hybridized carbons (Fsp3) is 0.500. The number of carbonyl (C=O) groups excluding carboxylic acids is 1. The number of nitrogens with zero attached hydrogens (tertiary/aromatic N) is 2. The largest absolute Gasteiger partial charge is 0.328 e. The van der Waals surface area contributed by atoms with E-state index in [0.717, 1.165) is 29.8 Å². The molecule has 3 heteroatoms. The third kappa shape index (κ3) is 3.22. The summed E-state index contributed by atoms with van der Waals surface area (Å²) in [7, 11) is 0. The lowest BCUT2D eigenvalue weighted by atomic mass is 10.1. The fourth-order valence-electron chi connectivity index (χ4n) is 2.44. The fourth-order valence-corrected chi connectivity index (χ4v) is 2.44. The van der Waals surface area contributed by atoms with Crippen molar-refractivity contribution < 1.29 is 4.79 Å². The molecule has 0 saturated carbocycles. The molecular formula is C16H22N2O. The molecule has 1 aromatic carbocycles. The minimum Gasteiger partial charge on any atom is -0.328 e. The van der Waals surface area contributed by atoms with Crippen LogP contribution in [0.2, 0.25) is 0 Å². The number of aryl methyl sites for hydroxylation is 1. The summed E-state index contributed by atoms with van der Waals surface area (Å²) in [5, 5.41) is 0. The van der Waals surface area contributed by atoms with Gasteiger partial charge in [0.1, 0.15) is 11.6 Å². The van der Waals surface area contributed by atoms with Crippen molar-refractivity contribution >= 4 is 16.8 Å². The van der Waals surface area contributed by atoms with E-state index in [1.165, 1.54) is 0 Å². The van der Waals surface area contributed by atoms with E-state index in [2.05, 4.69) is 36.4 Å². The molecule has 3 nitrogen and oxygen atoms in total. The highest BCUT2D eigenvalue weighted by atomic mass is 16.1. The van der Waals surface area contributed by atoms with Gasteiger partial charge >= 0.3 is 0 Å². The molecule has 0 radical (unpaired) electrons. The van der Waals surface area contributed by atoms with Crippen LogP contribution in [-0.4, -0.2) is 15.3 Å². The summed E-state index contributed by atoms with van der Waals surface area (Å²) in [5.41, 5.74) is 2.12. The van der Waals surface area contributed by atoms with Gasteiger partial charge in [0.25, 0.3) is 0 Å². The number of rotatable bonds is 6. The van der Waals surface area contributed by atoms with E-state index in [-0.39, 0.29) is 5.78 Å². The normalized spacial score (nSPS) is 11.4. The van der Waals surface area contributed by atoms with E-state index < -0.39 is 0 Å². The number of Topliss-reactive ketones (excluding diaryl/α,β-unsaturated/α-hetero) is 1. The number of para-hydroxylation sites is 2. The van der Waals surface area contributed by atoms with Gasteiger partial charge in [-0.2, -0.15) is 0 Å². The zero-order chi connectivity index (χ0) is 13.8. The highest BCUT2D eigenvalue weighted by molar-refractivity contribution is 5.82. The molecule has 0 N–H and O–H groups in total. The molecule has 0 bridgehead atoms. The summed E-state index contributed by atoms with van der Waals surface area (Å²) >= 11 is 0. The molecule has 0 atom stereocenters. The summed E-state index contributed by atoms with van der Waals surface area (Å²) in [6.45, 7) is 7.22. The van der Waals surface area contributed by atoms with Gasteiger partial charge in [0, 0.05) is 13.0 Å². The number of carbonyl (C=O) groups is 1. The summed E-state index contributed by atoms with van der Waals surface area (Å²) < 4.78 is 2.19. The predicted molar refractivity (Wildman–Crippen MR) is 78.2 cm³/mol. The molecule has 1 aromatic heterocycles. The van der Waals surface area contributed by atoms with Crippen molar-refractivity contribution in [2.24, 2.45) is 5.92 Å². The highest BCUT2D eigenvalue weighted by Gasteiger charge is 2.14. The van der Waals surface area contributed by atoms with Crippen LogP contribution in [0.15, 0.2) is 24.3 Å². The first-order valence-electron chi connectivity index (χ1n) is 7.07. The standard InChI is InChI=1S/C16H22N2O/c1-4-9-18-15-8-6-5-7-14(15)17-16(18)11-13(19)10-12(2)3/h5-8,12H,4,9-11H2,1-3H3. The van der Waals surface area contributed by atoms with E-state index in [0.29, 0.717) is 18.8 Å². The second-order valence-electron chi connectivity index (χ2n) is 5.48. The third-order valence-electron chi connectivity index (χ3n) is 3.17. The molecular weight excluding hydrogens is 236 g/mol. The zero-order valence-corrected chi connectivity index (χ0v) is 12.0. The summed E-state index contributed by atoms with van der Waals surface area (Å²) in [6.07, 6.45) is 2.13. The van der Waals surface area contributed by atoms with Crippen molar-refractivity contribution in [3.05, 3.63) is 30.1 Å². The molecule has 102 valence electrons. The van der Waals surface area contributed by atoms with E-state index in [9.17, 15) is 4.79 Å². The Bertz CT molecular complexity index is 569. The quantitative estimate of drug-likeness (QED) is 0.793. The van der Waals surface area contributed by atoms with Gasteiger partial charge in [0.2, 0.25) is 0 Å². The molecule has 2 rings (SSSR count). The molecule has 0 fully saturated rings. The van der Waals surface area contributed by atoms with Gasteiger partial charge in [0.15, 0.2) is 0 Å². The minimum atomic E-state index is 0.280. The zero-order valence-electron chi connectivity index (χ0n) is 12.0. The maximum Gasteiger partial charge on any atom is 0.140 e. The Morgan fingerprint density at radius 1 is 1.32 bits per heavy atom. The van der Waals surface area contributed by atoms with Crippen LogP contribution in [0.25, 0.3) is 11.0 Å². The van der Waals surface area contributed by atoms with Gasteiger partial charge in [-0.1, -0.05) is 32.9 Å². The Kier molecular flexibility index (Phi) is 4.35. The molecule has 0 aliphatic heterocycles. The van der Waals surface area contributed by atoms with Crippen molar-refractivity contribution in [3.63, 3.8) is 0 Å². The number of imidazole rings is 1. The van der Waals surface area contributed by atoms with Crippen LogP contribution in [0.4, 0.5) is 0 Å². The molecule has 0 aliphatic rings. The summed E-state index contributed by atoms with van der Waals surface area (Å²) in [4.78, 5) is 16.6. The Morgan fingerprint density at radius 3 is 2.74 bits per heavy atom. The predicted octanol–water partition coefficient (Wildman–Crippen LogP) is 3.60. The third-order valence-corrected chi connectivity index (χ3v) is 3.17. The van der Waals surface area contributed by atoms with Crippen molar-refractivity contribution in [1.82, 2.24) is 9.55 Å². The van der Waals surface area contributed by atoms with Crippen LogP contribution < -0.4 is 0 Å². The monoisotopic (exact) mass is 258 g/mol. The van der Waals surface area contributed by atoms with E-state index in [1.54, 1.807) is 0 Å². The molecule has 0 amide bonds.